The molecule has 2 atom stereocenters. The summed E-state index contributed by atoms with van der Waals surface area (Å²) in [5.41, 5.74) is 7.79. The average Bonchev–Trinajstić information content (AvgIpc) is 2.66. The fraction of sp³-hybridized carbons (Fsp3) is 0.400. The summed E-state index contributed by atoms with van der Waals surface area (Å²) in [6.07, 6.45) is 1.01. The van der Waals surface area contributed by atoms with Gasteiger partial charge in [0.05, 0.1) is 0 Å². The van der Waals surface area contributed by atoms with Crippen LogP contribution in [0.15, 0.2) is 18.2 Å². The molecule has 0 spiro atoms. The maximum absolute atomic E-state index is 9.56. The molecule has 2 rings (SSSR count). The van der Waals surface area contributed by atoms with Crippen LogP contribution in [0.5, 0.6) is 5.75 Å². The molecule has 1 aromatic rings. The van der Waals surface area contributed by atoms with Crippen LogP contribution in [0.1, 0.15) is 23.5 Å². The quantitative estimate of drug-likeness (QED) is 0.659. The zero-order chi connectivity index (χ0) is 8.72. The highest BCUT2D eigenvalue weighted by Gasteiger charge is 2.36. The molecule has 1 aliphatic carbocycles. The fourth-order valence-corrected chi connectivity index (χ4v) is 1.54. The van der Waals surface area contributed by atoms with Crippen molar-refractivity contribution in [1.29, 1.82) is 0 Å². The van der Waals surface area contributed by atoms with Crippen LogP contribution in [-0.4, -0.2) is 11.1 Å². The average molecular weight is 163 g/mol. The third-order valence-corrected chi connectivity index (χ3v) is 2.43. The minimum atomic E-state index is 0.263. The van der Waals surface area contributed by atoms with Gasteiger partial charge in [0.25, 0.3) is 0 Å². The molecule has 2 heteroatoms. The zero-order valence-electron chi connectivity index (χ0n) is 7.12. The Morgan fingerprint density at radius 2 is 2.17 bits per heavy atom. The molecular formula is C10H13NO. The lowest BCUT2D eigenvalue weighted by molar-refractivity contribution is 0.467. The van der Waals surface area contributed by atoms with E-state index in [0.717, 1.165) is 17.5 Å². The normalized spacial score (nSPS) is 27.2. The minimum Gasteiger partial charge on any atom is -0.508 e. The van der Waals surface area contributed by atoms with Gasteiger partial charge in [0.1, 0.15) is 5.75 Å². The number of phenolic OH excluding ortho intramolecular Hbond substituents is 1. The first-order valence-corrected chi connectivity index (χ1v) is 4.23. The summed E-state index contributed by atoms with van der Waals surface area (Å²) in [6, 6.07) is 6.04. The van der Waals surface area contributed by atoms with Crippen molar-refractivity contribution in [2.75, 3.05) is 0 Å². The summed E-state index contributed by atoms with van der Waals surface area (Å²) < 4.78 is 0. The maximum Gasteiger partial charge on any atom is 0.119 e. The summed E-state index contributed by atoms with van der Waals surface area (Å²) >= 11 is 0. The molecule has 0 unspecified atom stereocenters. The van der Waals surface area contributed by atoms with Crippen LogP contribution in [-0.2, 0) is 0 Å². The second-order valence-corrected chi connectivity index (χ2v) is 3.57. The maximum atomic E-state index is 9.56. The van der Waals surface area contributed by atoms with E-state index in [1.165, 1.54) is 0 Å². The van der Waals surface area contributed by atoms with E-state index in [0.29, 0.717) is 11.7 Å². The Morgan fingerprint density at radius 3 is 2.67 bits per heavy atom. The number of rotatable bonds is 1. The van der Waals surface area contributed by atoms with Crippen molar-refractivity contribution in [3.05, 3.63) is 29.3 Å². The lowest BCUT2D eigenvalue weighted by Gasteiger charge is -2.03. The van der Waals surface area contributed by atoms with Gasteiger partial charge >= 0.3 is 0 Å². The number of hydrogen-bond donors (Lipinski definition) is 2. The van der Waals surface area contributed by atoms with Crippen molar-refractivity contribution in [3.63, 3.8) is 0 Å². The van der Waals surface area contributed by atoms with Crippen LogP contribution in [0, 0.1) is 6.92 Å². The number of nitrogens with two attached hydrogens (primary N) is 1. The lowest BCUT2D eigenvalue weighted by Crippen LogP contribution is -2.01. The summed E-state index contributed by atoms with van der Waals surface area (Å²) in [7, 11) is 0. The van der Waals surface area contributed by atoms with E-state index in [9.17, 15) is 5.11 Å². The number of aromatic hydroxyl groups is 1. The monoisotopic (exact) mass is 163 g/mol. The van der Waals surface area contributed by atoms with E-state index < -0.39 is 0 Å². The number of hydrogen-bond acceptors (Lipinski definition) is 2. The van der Waals surface area contributed by atoms with Crippen LogP contribution in [0.4, 0.5) is 0 Å². The molecule has 1 aliphatic rings. The summed E-state index contributed by atoms with van der Waals surface area (Å²) in [4.78, 5) is 0. The van der Waals surface area contributed by atoms with Crippen LogP contribution in [0.2, 0.25) is 0 Å². The Labute approximate surface area is 72.0 Å². The second-order valence-electron chi connectivity index (χ2n) is 3.57. The van der Waals surface area contributed by atoms with Gasteiger partial charge in [0, 0.05) is 12.0 Å². The van der Waals surface area contributed by atoms with Gasteiger partial charge in [-0.05, 0) is 30.5 Å². The molecule has 1 saturated carbocycles. The third kappa shape index (κ3) is 1.18. The molecule has 64 valence electrons. The highest BCUT2D eigenvalue weighted by atomic mass is 16.3. The van der Waals surface area contributed by atoms with Crippen LogP contribution in [0.3, 0.4) is 0 Å². The van der Waals surface area contributed by atoms with Gasteiger partial charge in [0.2, 0.25) is 0 Å². The van der Waals surface area contributed by atoms with Crippen molar-refractivity contribution in [2.45, 2.75) is 25.3 Å². The molecule has 3 N–H and O–H groups in total. The molecule has 1 aromatic carbocycles. The summed E-state index contributed by atoms with van der Waals surface area (Å²) in [5.74, 6) is 0.790. The van der Waals surface area contributed by atoms with Gasteiger partial charge in [-0.1, -0.05) is 12.1 Å². The van der Waals surface area contributed by atoms with Crippen LogP contribution >= 0.6 is 0 Å². The predicted octanol–water partition coefficient (Wildman–Crippen LogP) is 1.52. The fourth-order valence-electron chi connectivity index (χ4n) is 1.54. The molecule has 0 aromatic heterocycles. The van der Waals surface area contributed by atoms with Crippen molar-refractivity contribution >= 4 is 0 Å². The topological polar surface area (TPSA) is 46.2 Å². The second kappa shape index (κ2) is 2.49. The van der Waals surface area contributed by atoms with Crippen LogP contribution < -0.4 is 5.73 Å². The van der Waals surface area contributed by atoms with E-state index in [1.807, 2.05) is 19.1 Å². The van der Waals surface area contributed by atoms with Gasteiger partial charge in [-0.25, -0.2) is 0 Å². The standard InChI is InChI=1S/C10H13NO/c1-6-2-3-7(10(12)4-6)8-5-9(8)11/h2-4,8-9,12H,5,11H2,1H3/t8-,9+/m0/s1. The first-order chi connectivity index (χ1) is 5.68. The Balaban J connectivity index is 2.33. The van der Waals surface area contributed by atoms with E-state index in [-0.39, 0.29) is 6.04 Å². The molecule has 0 amide bonds. The van der Waals surface area contributed by atoms with E-state index in [1.54, 1.807) is 6.07 Å². The summed E-state index contributed by atoms with van der Waals surface area (Å²) in [5, 5.41) is 9.56. The molecule has 0 saturated heterocycles. The highest BCUT2D eigenvalue weighted by molar-refractivity contribution is 5.41. The van der Waals surface area contributed by atoms with E-state index in [2.05, 4.69) is 0 Å². The van der Waals surface area contributed by atoms with Gasteiger partial charge in [0.15, 0.2) is 0 Å². The molecule has 0 radical (unpaired) electrons. The Bertz CT molecular complexity index is 309. The lowest BCUT2D eigenvalue weighted by atomic mass is 10.1. The van der Waals surface area contributed by atoms with Crippen LogP contribution in [0.25, 0.3) is 0 Å². The molecule has 12 heavy (non-hydrogen) atoms. The predicted molar refractivity (Wildman–Crippen MR) is 48.2 cm³/mol. The Morgan fingerprint density at radius 1 is 1.50 bits per heavy atom. The van der Waals surface area contributed by atoms with E-state index in [4.69, 9.17) is 5.73 Å². The van der Waals surface area contributed by atoms with Gasteiger partial charge in [-0.15, -0.1) is 0 Å². The zero-order valence-corrected chi connectivity index (χ0v) is 7.12. The minimum absolute atomic E-state index is 0.263. The van der Waals surface area contributed by atoms with Gasteiger partial charge in [-0.3, -0.25) is 0 Å². The van der Waals surface area contributed by atoms with Crippen molar-refractivity contribution < 1.29 is 5.11 Å². The Kier molecular flexibility index (Phi) is 1.58. The molecule has 0 bridgehead atoms. The SMILES string of the molecule is Cc1ccc([C@@H]2C[C@H]2N)c(O)c1. The molecule has 1 fully saturated rings. The smallest absolute Gasteiger partial charge is 0.119 e. The molecule has 2 nitrogen and oxygen atoms in total. The first-order valence-electron chi connectivity index (χ1n) is 4.23. The number of benzene rings is 1. The summed E-state index contributed by atoms with van der Waals surface area (Å²) in [6.45, 7) is 1.97. The first kappa shape index (κ1) is 7.62. The number of aryl methyl sites for hydroxylation is 1. The Hall–Kier alpha value is -1.02. The largest absolute Gasteiger partial charge is 0.508 e. The molecule has 0 heterocycles. The van der Waals surface area contributed by atoms with E-state index >= 15 is 0 Å². The van der Waals surface area contributed by atoms with Crippen molar-refractivity contribution in [1.82, 2.24) is 0 Å². The van der Waals surface area contributed by atoms with Gasteiger partial charge in [-0.2, -0.15) is 0 Å². The highest BCUT2D eigenvalue weighted by Crippen LogP contribution is 2.42. The molecule has 0 aliphatic heterocycles. The van der Waals surface area contributed by atoms with Crippen molar-refractivity contribution in [2.24, 2.45) is 5.73 Å². The third-order valence-electron chi connectivity index (χ3n) is 2.43. The van der Waals surface area contributed by atoms with Crippen molar-refractivity contribution in [3.8, 4) is 5.75 Å². The number of phenols is 1. The van der Waals surface area contributed by atoms with Gasteiger partial charge < -0.3 is 10.8 Å². The molecular weight excluding hydrogens is 150 g/mol.